The maximum absolute atomic E-state index is 13.1. The summed E-state index contributed by atoms with van der Waals surface area (Å²) in [5, 5.41) is 14.1. The second kappa shape index (κ2) is 19.0. The fourth-order valence-electron chi connectivity index (χ4n) is 3.81. The van der Waals surface area contributed by atoms with Crippen molar-refractivity contribution >= 4 is 41.9 Å². The van der Waals surface area contributed by atoms with Gasteiger partial charge in [-0.05, 0) is 23.0 Å². The summed E-state index contributed by atoms with van der Waals surface area (Å²) in [6.07, 6.45) is -6.43. The van der Waals surface area contributed by atoms with E-state index in [1.165, 1.54) is 0 Å². The number of halogens is 1. The Kier molecular flexibility index (Phi) is 15.5. The van der Waals surface area contributed by atoms with Crippen molar-refractivity contribution in [3.63, 3.8) is 0 Å². The number of esters is 2. The van der Waals surface area contributed by atoms with Gasteiger partial charge in [0.15, 0.2) is 12.2 Å². The molecule has 0 aliphatic carbocycles. The number of rotatable bonds is 16. The number of hydrogen-bond donors (Lipinski definition) is 3. The number of carbonyl (C=O) groups excluding carboxylic acids is 4. The maximum atomic E-state index is 13.1. The van der Waals surface area contributed by atoms with Gasteiger partial charge in [-0.15, -0.1) is 11.6 Å². The molecule has 13 nitrogen and oxygen atoms in total. The second-order valence-corrected chi connectivity index (χ2v) is 10.8. The van der Waals surface area contributed by atoms with E-state index in [-0.39, 0.29) is 13.2 Å². The van der Waals surface area contributed by atoms with E-state index >= 15 is 0 Å². The van der Waals surface area contributed by atoms with E-state index in [0.717, 1.165) is 11.1 Å². The van der Waals surface area contributed by atoms with Crippen LogP contribution < -0.4 is 10.6 Å². The third kappa shape index (κ3) is 13.3. The molecule has 0 aliphatic heterocycles. The fraction of sp³-hybridized carbons (Fsp3) is 0.452. The first-order chi connectivity index (χ1) is 21.4. The first-order valence-electron chi connectivity index (χ1n) is 14.2. The van der Waals surface area contributed by atoms with Crippen LogP contribution in [0.1, 0.15) is 38.8 Å². The number of alkyl halides is 1. The van der Waals surface area contributed by atoms with Gasteiger partial charge in [-0.1, -0.05) is 88.4 Å². The van der Waals surface area contributed by atoms with Crippen molar-refractivity contribution in [2.45, 2.75) is 65.2 Å². The van der Waals surface area contributed by atoms with Crippen molar-refractivity contribution < 1.29 is 52.8 Å². The van der Waals surface area contributed by atoms with Crippen molar-refractivity contribution in [1.29, 1.82) is 0 Å². The van der Waals surface area contributed by atoms with Crippen molar-refractivity contribution in [3.8, 4) is 0 Å². The average Bonchev–Trinajstić information content (AvgIpc) is 3.01. The van der Waals surface area contributed by atoms with E-state index in [2.05, 4.69) is 10.6 Å². The van der Waals surface area contributed by atoms with Crippen LogP contribution in [0.2, 0.25) is 0 Å². The van der Waals surface area contributed by atoms with Crippen LogP contribution in [0.4, 0.5) is 14.4 Å². The number of carbonyl (C=O) groups is 5. The lowest BCUT2D eigenvalue weighted by Gasteiger charge is -2.28. The normalized spacial score (nSPS) is 13.5. The molecule has 0 aliphatic rings. The van der Waals surface area contributed by atoms with Gasteiger partial charge in [-0.3, -0.25) is 0 Å². The van der Waals surface area contributed by atoms with E-state index in [9.17, 15) is 29.1 Å². The Hall–Kier alpha value is -4.52. The smallest absolute Gasteiger partial charge is 0.460 e. The molecular formula is C31H39ClN2O11. The van der Waals surface area contributed by atoms with Crippen molar-refractivity contribution in [2.24, 2.45) is 11.8 Å². The zero-order chi connectivity index (χ0) is 33.4. The molecule has 0 saturated carbocycles. The van der Waals surface area contributed by atoms with E-state index in [1.54, 1.807) is 76.2 Å². The van der Waals surface area contributed by atoms with Crippen molar-refractivity contribution in [3.05, 3.63) is 71.8 Å². The Balaban J connectivity index is 2.01. The summed E-state index contributed by atoms with van der Waals surface area (Å²) >= 11 is 6.00. The predicted molar refractivity (Wildman–Crippen MR) is 161 cm³/mol. The summed E-state index contributed by atoms with van der Waals surface area (Å²) in [6, 6.07) is 15.5. The first-order valence-corrected chi connectivity index (χ1v) is 14.7. The zero-order valence-corrected chi connectivity index (χ0v) is 26.2. The fourth-order valence-corrected chi connectivity index (χ4v) is 4.07. The quantitative estimate of drug-likeness (QED) is 0.131. The van der Waals surface area contributed by atoms with Crippen LogP contribution in [0.3, 0.4) is 0 Å². The average molecular weight is 651 g/mol. The Morgan fingerprint density at radius 2 is 1.11 bits per heavy atom. The first kappa shape index (κ1) is 36.7. The molecular weight excluding hydrogens is 612 g/mol. The Morgan fingerprint density at radius 3 is 1.51 bits per heavy atom. The Morgan fingerprint density at radius 1 is 0.667 bits per heavy atom. The molecule has 2 aromatic rings. The highest BCUT2D eigenvalue weighted by Crippen LogP contribution is 2.15. The monoisotopic (exact) mass is 650 g/mol. The lowest BCUT2D eigenvalue weighted by atomic mass is 10.0. The Labute approximate surface area is 266 Å². The molecule has 2 aromatic carbocycles. The third-order valence-electron chi connectivity index (χ3n) is 6.29. The standard InChI is InChI=1S/C31H39ClN2O11/c1-19(2)25(33-29(37)42-16-21-11-7-5-8-12-21)27(35)41-18-24(45-31(39)40)23(15-32)44-28(36)26(20(3)4)34-30(38)43-17-22-13-9-6-10-14-22/h5-14,19-20,23-26H,15-18H2,1-4H3,(H,33,37)(H,34,38)(H,39,40)/t23?,24?,25-,26-/m0/s1. The van der Waals surface area contributed by atoms with Crippen molar-refractivity contribution in [2.75, 3.05) is 12.5 Å². The van der Waals surface area contributed by atoms with Gasteiger partial charge in [0.25, 0.3) is 0 Å². The van der Waals surface area contributed by atoms with Gasteiger partial charge in [0.05, 0.1) is 5.88 Å². The second-order valence-electron chi connectivity index (χ2n) is 10.5. The molecule has 0 bridgehead atoms. The van der Waals surface area contributed by atoms with Gasteiger partial charge in [0.1, 0.15) is 31.9 Å². The van der Waals surface area contributed by atoms with E-state index in [4.69, 9.17) is 35.3 Å². The molecule has 3 N–H and O–H groups in total. The summed E-state index contributed by atoms with van der Waals surface area (Å²) in [7, 11) is 0. The minimum atomic E-state index is -1.74. The topological polar surface area (TPSA) is 176 Å². The highest BCUT2D eigenvalue weighted by atomic mass is 35.5. The third-order valence-corrected chi connectivity index (χ3v) is 6.59. The van der Waals surface area contributed by atoms with Gasteiger partial charge in [0.2, 0.25) is 0 Å². The van der Waals surface area contributed by atoms with Crippen LogP contribution >= 0.6 is 11.6 Å². The molecule has 0 aromatic heterocycles. The molecule has 0 radical (unpaired) electrons. The van der Waals surface area contributed by atoms with Gasteiger partial charge >= 0.3 is 30.3 Å². The maximum Gasteiger partial charge on any atom is 0.506 e. The SMILES string of the molecule is CC(C)[C@H](NC(=O)OCc1ccccc1)C(=O)OCC(OC(=O)O)C(CCl)OC(=O)[C@@H](NC(=O)OCc1ccccc1)C(C)C. The van der Waals surface area contributed by atoms with Gasteiger partial charge in [-0.2, -0.15) is 0 Å². The molecule has 2 rings (SSSR count). The number of ether oxygens (including phenoxy) is 5. The number of hydrogen-bond acceptors (Lipinski definition) is 10. The van der Waals surface area contributed by atoms with E-state index in [1.807, 2.05) is 12.1 Å². The molecule has 2 amide bonds. The number of benzene rings is 2. The molecule has 2 unspecified atom stereocenters. The van der Waals surface area contributed by atoms with Crippen LogP contribution in [0.5, 0.6) is 0 Å². The molecule has 45 heavy (non-hydrogen) atoms. The van der Waals surface area contributed by atoms with Crippen LogP contribution in [0, 0.1) is 11.8 Å². The largest absolute Gasteiger partial charge is 0.506 e. The van der Waals surface area contributed by atoms with Crippen LogP contribution in [0.15, 0.2) is 60.7 Å². The van der Waals surface area contributed by atoms with E-state index < -0.39 is 78.9 Å². The van der Waals surface area contributed by atoms with Crippen LogP contribution in [-0.2, 0) is 46.5 Å². The number of amides is 2. The summed E-state index contributed by atoms with van der Waals surface area (Å²) in [4.78, 5) is 62.1. The number of alkyl carbamates (subject to hydrolysis) is 2. The zero-order valence-electron chi connectivity index (χ0n) is 25.5. The molecule has 246 valence electrons. The van der Waals surface area contributed by atoms with Gasteiger partial charge in [0, 0.05) is 0 Å². The highest BCUT2D eigenvalue weighted by Gasteiger charge is 2.35. The minimum absolute atomic E-state index is 0.0270. The predicted octanol–water partition coefficient (Wildman–Crippen LogP) is 4.65. The van der Waals surface area contributed by atoms with E-state index in [0.29, 0.717) is 0 Å². The lowest BCUT2D eigenvalue weighted by Crippen LogP contribution is -2.50. The van der Waals surface area contributed by atoms with Crippen LogP contribution in [-0.4, -0.2) is 72.2 Å². The molecule has 4 atom stereocenters. The molecule has 0 saturated heterocycles. The van der Waals surface area contributed by atoms with Crippen molar-refractivity contribution in [1.82, 2.24) is 10.6 Å². The molecule has 0 spiro atoms. The summed E-state index contributed by atoms with van der Waals surface area (Å²) < 4.78 is 25.9. The van der Waals surface area contributed by atoms with Gasteiger partial charge < -0.3 is 39.4 Å². The van der Waals surface area contributed by atoms with Crippen LogP contribution in [0.25, 0.3) is 0 Å². The van der Waals surface area contributed by atoms with Gasteiger partial charge in [-0.25, -0.2) is 24.0 Å². The summed E-state index contributed by atoms with van der Waals surface area (Å²) in [5.74, 6) is -3.21. The summed E-state index contributed by atoms with van der Waals surface area (Å²) in [5.41, 5.74) is 1.48. The molecule has 0 fully saturated rings. The minimum Gasteiger partial charge on any atom is -0.460 e. The summed E-state index contributed by atoms with van der Waals surface area (Å²) in [6.45, 7) is 5.85. The molecule has 0 heterocycles. The number of nitrogens with one attached hydrogen (secondary N) is 2. The highest BCUT2D eigenvalue weighted by molar-refractivity contribution is 6.18. The number of carboxylic acid groups (broad SMARTS) is 1. The lowest BCUT2D eigenvalue weighted by molar-refractivity contribution is -0.164. The Bertz CT molecular complexity index is 1240. The molecule has 14 heteroatoms.